The second-order valence-corrected chi connectivity index (χ2v) is 8.29. The Hall–Kier alpha value is -0.870. The number of nitrogens with one attached hydrogen (secondary N) is 1. The second-order valence-electron chi connectivity index (χ2n) is 8.29. The van der Waals surface area contributed by atoms with E-state index in [-0.39, 0.29) is 0 Å². The molecule has 3 aliphatic rings. The molecular formula is C19H32N4. The van der Waals surface area contributed by atoms with Gasteiger partial charge < -0.3 is 5.32 Å². The maximum Gasteiger partial charge on any atom is 0.0661 e. The molecule has 23 heavy (non-hydrogen) atoms. The van der Waals surface area contributed by atoms with Crippen molar-refractivity contribution in [2.75, 3.05) is 26.2 Å². The number of rotatable bonds is 2. The topological polar surface area (TPSA) is 33.1 Å². The van der Waals surface area contributed by atoms with Gasteiger partial charge in [0.15, 0.2) is 0 Å². The predicted octanol–water partition coefficient (Wildman–Crippen LogP) is 3.06. The highest BCUT2D eigenvalue weighted by molar-refractivity contribution is 5.08. The third-order valence-corrected chi connectivity index (χ3v) is 6.78. The molecule has 1 unspecified atom stereocenters. The van der Waals surface area contributed by atoms with Crippen LogP contribution in [0, 0.1) is 19.3 Å². The minimum Gasteiger partial charge on any atom is -0.317 e. The van der Waals surface area contributed by atoms with Crippen LogP contribution in [0.15, 0.2) is 6.07 Å². The summed E-state index contributed by atoms with van der Waals surface area (Å²) in [5, 5.41) is 8.26. The van der Waals surface area contributed by atoms with Gasteiger partial charge in [0.05, 0.1) is 11.7 Å². The van der Waals surface area contributed by atoms with Gasteiger partial charge in [0.25, 0.3) is 0 Å². The van der Waals surface area contributed by atoms with Crippen LogP contribution in [0.25, 0.3) is 0 Å². The van der Waals surface area contributed by atoms with E-state index in [1.54, 1.807) is 0 Å². The lowest BCUT2D eigenvalue weighted by Crippen LogP contribution is -2.44. The molecule has 128 valence electrons. The minimum absolute atomic E-state index is 0.596. The van der Waals surface area contributed by atoms with E-state index in [1.807, 2.05) is 0 Å². The average molecular weight is 316 g/mol. The first-order chi connectivity index (χ1) is 11.2. The number of aromatic nitrogens is 2. The lowest BCUT2D eigenvalue weighted by Gasteiger charge is -2.45. The molecule has 1 N–H and O–H groups in total. The molecule has 1 atom stereocenters. The molecule has 3 fully saturated rings. The van der Waals surface area contributed by atoms with Crippen LogP contribution in [0.1, 0.15) is 62.4 Å². The highest BCUT2D eigenvalue weighted by Crippen LogP contribution is 2.45. The molecule has 0 bridgehead atoms. The van der Waals surface area contributed by atoms with Crippen molar-refractivity contribution in [2.24, 2.45) is 5.41 Å². The van der Waals surface area contributed by atoms with Crippen LogP contribution < -0.4 is 5.32 Å². The van der Waals surface area contributed by atoms with Gasteiger partial charge in [-0.25, -0.2) is 0 Å². The zero-order valence-corrected chi connectivity index (χ0v) is 14.9. The van der Waals surface area contributed by atoms with Crippen LogP contribution in [-0.4, -0.2) is 46.9 Å². The first-order valence-electron chi connectivity index (χ1n) is 9.63. The van der Waals surface area contributed by atoms with Crippen molar-refractivity contribution in [3.63, 3.8) is 0 Å². The summed E-state index contributed by atoms with van der Waals surface area (Å²) in [5.41, 5.74) is 3.18. The fraction of sp³-hybridized carbons (Fsp3) is 0.842. The van der Waals surface area contributed by atoms with Gasteiger partial charge in [-0.1, -0.05) is 0 Å². The monoisotopic (exact) mass is 316 g/mol. The van der Waals surface area contributed by atoms with Crippen molar-refractivity contribution < 1.29 is 0 Å². The van der Waals surface area contributed by atoms with Crippen molar-refractivity contribution in [3.8, 4) is 0 Å². The molecular weight excluding hydrogens is 284 g/mol. The second kappa shape index (κ2) is 6.21. The van der Waals surface area contributed by atoms with Crippen LogP contribution >= 0.6 is 0 Å². The van der Waals surface area contributed by atoms with E-state index in [0.29, 0.717) is 11.5 Å². The van der Waals surface area contributed by atoms with Gasteiger partial charge in [0.2, 0.25) is 0 Å². The molecule has 1 aromatic heterocycles. The van der Waals surface area contributed by atoms with Gasteiger partial charge >= 0.3 is 0 Å². The SMILES string of the molecule is Cc1cc(C)n(C2CCN(C3CCC4(CCNCC4)CC3)C2)n1. The average Bonchev–Trinajstić information content (AvgIpc) is 3.15. The lowest BCUT2D eigenvalue weighted by molar-refractivity contribution is 0.0743. The molecule has 0 amide bonds. The van der Waals surface area contributed by atoms with Crippen LogP contribution in [0.2, 0.25) is 0 Å². The molecule has 4 nitrogen and oxygen atoms in total. The molecule has 4 heteroatoms. The van der Waals surface area contributed by atoms with Crippen molar-refractivity contribution in [3.05, 3.63) is 17.5 Å². The minimum atomic E-state index is 0.596. The van der Waals surface area contributed by atoms with Gasteiger partial charge in [-0.2, -0.15) is 5.10 Å². The summed E-state index contributed by atoms with van der Waals surface area (Å²) >= 11 is 0. The van der Waals surface area contributed by atoms with Crippen LogP contribution in [0.5, 0.6) is 0 Å². The van der Waals surface area contributed by atoms with Crippen LogP contribution in [-0.2, 0) is 0 Å². The molecule has 1 aliphatic carbocycles. The Kier molecular flexibility index (Phi) is 4.22. The normalized spacial score (nSPS) is 29.4. The molecule has 0 aromatic carbocycles. The standard InChI is InChI=1S/C19H32N4/c1-15-13-16(2)23(21-15)18-5-12-22(14-18)17-3-6-19(7-4-17)8-10-20-11-9-19/h13,17-18,20H,3-12,14H2,1-2H3. The lowest BCUT2D eigenvalue weighted by atomic mass is 9.67. The Balaban J connectivity index is 1.35. The number of aryl methyl sites for hydroxylation is 2. The molecule has 2 saturated heterocycles. The maximum absolute atomic E-state index is 4.72. The zero-order chi connectivity index (χ0) is 15.9. The van der Waals surface area contributed by atoms with Gasteiger partial charge in [0, 0.05) is 24.8 Å². The Morgan fingerprint density at radius 2 is 1.78 bits per heavy atom. The Morgan fingerprint density at radius 1 is 1.04 bits per heavy atom. The van der Waals surface area contributed by atoms with E-state index < -0.39 is 0 Å². The first-order valence-corrected chi connectivity index (χ1v) is 9.63. The number of piperidine rings is 1. The summed E-state index contributed by atoms with van der Waals surface area (Å²) in [4.78, 5) is 2.77. The maximum atomic E-state index is 4.72. The van der Waals surface area contributed by atoms with Crippen LogP contribution in [0.3, 0.4) is 0 Å². The highest BCUT2D eigenvalue weighted by atomic mass is 15.3. The summed E-state index contributed by atoms with van der Waals surface area (Å²) < 4.78 is 2.28. The summed E-state index contributed by atoms with van der Waals surface area (Å²) in [6.45, 7) is 9.27. The number of nitrogens with zero attached hydrogens (tertiary/aromatic N) is 3. The molecule has 2 aliphatic heterocycles. The van der Waals surface area contributed by atoms with Gasteiger partial charge in [-0.3, -0.25) is 9.58 Å². The largest absolute Gasteiger partial charge is 0.317 e. The van der Waals surface area contributed by atoms with Crippen molar-refractivity contribution in [1.29, 1.82) is 0 Å². The molecule has 3 heterocycles. The van der Waals surface area contributed by atoms with Gasteiger partial charge in [0.1, 0.15) is 0 Å². The molecule has 1 saturated carbocycles. The predicted molar refractivity (Wildman–Crippen MR) is 93.7 cm³/mol. The van der Waals surface area contributed by atoms with Gasteiger partial charge in [-0.15, -0.1) is 0 Å². The summed E-state index contributed by atoms with van der Waals surface area (Å²) in [6.07, 6.45) is 9.85. The molecule has 4 rings (SSSR count). The zero-order valence-electron chi connectivity index (χ0n) is 14.9. The smallest absolute Gasteiger partial charge is 0.0661 e. The van der Waals surface area contributed by atoms with Gasteiger partial charge in [-0.05, 0) is 83.4 Å². The van der Waals surface area contributed by atoms with Crippen molar-refractivity contribution in [2.45, 2.75) is 70.9 Å². The molecule has 0 radical (unpaired) electrons. The molecule has 1 aromatic rings. The summed E-state index contributed by atoms with van der Waals surface area (Å²) in [7, 11) is 0. The van der Waals surface area contributed by atoms with Crippen molar-refractivity contribution >= 4 is 0 Å². The Bertz CT molecular complexity index is 534. The fourth-order valence-corrected chi connectivity index (χ4v) is 5.35. The van der Waals surface area contributed by atoms with E-state index in [9.17, 15) is 0 Å². The Morgan fingerprint density at radius 3 is 2.43 bits per heavy atom. The number of hydrogen-bond acceptors (Lipinski definition) is 3. The molecule has 1 spiro atoms. The van der Waals surface area contributed by atoms with E-state index in [2.05, 4.69) is 34.8 Å². The third kappa shape index (κ3) is 3.08. The number of likely N-dealkylation sites (tertiary alicyclic amines) is 1. The van der Waals surface area contributed by atoms with Crippen LogP contribution in [0.4, 0.5) is 0 Å². The fourth-order valence-electron chi connectivity index (χ4n) is 5.35. The summed E-state index contributed by atoms with van der Waals surface area (Å²) in [5.74, 6) is 0. The highest BCUT2D eigenvalue weighted by Gasteiger charge is 2.39. The van der Waals surface area contributed by atoms with E-state index in [1.165, 1.54) is 76.8 Å². The quantitative estimate of drug-likeness (QED) is 0.910. The van der Waals surface area contributed by atoms with E-state index in [0.717, 1.165) is 11.7 Å². The Labute approximate surface area is 140 Å². The first kappa shape index (κ1) is 15.6. The summed E-state index contributed by atoms with van der Waals surface area (Å²) in [6, 6.07) is 3.64. The third-order valence-electron chi connectivity index (χ3n) is 6.78. The van der Waals surface area contributed by atoms with E-state index in [4.69, 9.17) is 5.10 Å². The van der Waals surface area contributed by atoms with Crippen molar-refractivity contribution in [1.82, 2.24) is 20.0 Å². The van der Waals surface area contributed by atoms with E-state index >= 15 is 0 Å². The number of hydrogen-bond donors (Lipinski definition) is 1.